The average molecular weight is 298 g/mol. The van der Waals surface area contributed by atoms with Crippen molar-refractivity contribution in [3.63, 3.8) is 0 Å². The first-order chi connectivity index (χ1) is 8.04. The fraction of sp³-hybridized carbons (Fsp3) is 0.571. The van der Waals surface area contributed by atoms with E-state index in [2.05, 4.69) is 42.0 Å². The van der Waals surface area contributed by atoms with Gasteiger partial charge >= 0.3 is 0 Å². The molecule has 3 heteroatoms. The van der Waals surface area contributed by atoms with Crippen LogP contribution < -0.4 is 10.1 Å². The largest absolute Gasteiger partial charge is 0.490 e. The van der Waals surface area contributed by atoms with E-state index in [0.29, 0.717) is 12.1 Å². The quantitative estimate of drug-likeness (QED) is 0.917. The molecular formula is C14H20BrNO. The summed E-state index contributed by atoms with van der Waals surface area (Å²) >= 11 is 3.46. The van der Waals surface area contributed by atoms with E-state index in [0.717, 1.165) is 23.2 Å². The van der Waals surface area contributed by atoms with Crippen molar-refractivity contribution >= 4 is 15.9 Å². The van der Waals surface area contributed by atoms with Crippen molar-refractivity contribution in [3.8, 4) is 5.75 Å². The predicted octanol–water partition coefficient (Wildman–Crippen LogP) is 3.60. The smallest absolute Gasteiger partial charge is 0.120 e. The minimum absolute atomic E-state index is 0.207. The lowest BCUT2D eigenvalue weighted by atomic mass is 9.64. The molecule has 0 heterocycles. The van der Waals surface area contributed by atoms with Crippen LogP contribution in [0.15, 0.2) is 28.7 Å². The molecule has 0 radical (unpaired) electrons. The molecular weight excluding hydrogens is 278 g/mol. The SMILES string of the molecule is CCNC1CC(Oc2cccc(Br)c2)C1(C)C. The summed E-state index contributed by atoms with van der Waals surface area (Å²) in [7, 11) is 0. The van der Waals surface area contributed by atoms with Gasteiger partial charge < -0.3 is 10.1 Å². The van der Waals surface area contributed by atoms with Gasteiger partial charge in [0.15, 0.2) is 0 Å². The Labute approximate surface area is 112 Å². The first-order valence-electron chi connectivity index (χ1n) is 6.19. The third-order valence-corrected chi connectivity index (χ3v) is 4.20. The van der Waals surface area contributed by atoms with E-state index in [1.807, 2.05) is 24.3 Å². The topological polar surface area (TPSA) is 21.3 Å². The minimum atomic E-state index is 0.207. The summed E-state index contributed by atoms with van der Waals surface area (Å²) in [6.07, 6.45) is 1.40. The molecule has 1 aromatic carbocycles. The van der Waals surface area contributed by atoms with Gasteiger partial charge in [0.2, 0.25) is 0 Å². The van der Waals surface area contributed by atoms with Gasteiger partial charge in [-0.15, -0.1) is 0 Å². The lowest BCUT2D eigenvalue weighted by Crippen LogP contribution is -2.62. The van der Waals surface area contributed by atoms with E-state index < -0.39 is 0 Å². The van der Waals surface area contributed by atoms with Crippen molar-refractivity contribution in [2.24, 2.45) is 5.41 Å². The monoisotopic (exact) mass is 297 g/mol. The summed E-state index contributed by atoms with van der Waals surface area (Å²) in [4.78, 5) is 0. The van der Waals surface area contributed by atoms with Crippen LogP contribution in [0, 0.1) is 5.41 Å². The summed E-state index contributed by atoms with van der Waals surface area (Å²) in [6, 6.07) is 8.63. The van der Waals surface area contributed by atoms with Gasteiger partial charge in [0, 0.05) is 22.4 Å². The van der Waals surface area contributed by atoms with E-state index in [1.165, 1.54) is 0 Å². The van der Waals surface area contributed by atoms with Crippen LogP contribution in [-0.2, 0) is 0 Å². The van der Waals surface area contributed by atoms with Crippen LogP contribution in [0.1, 0.15) is 27.2 Å². The van der Waals surface area contributed by atoms with E-state index in [1.54, 1.807) is 0 Å². The summed E-state index contributed by atoms with van der Waals surface area (Å²) in [6.45, 7) is 7.72. The molecule has 1 fully saturated rings. The van der Waals surface area contributed by atoms with E-state index >= 15 is 0 Å². The molecule has 0 bridgehead atoms. The fourth-order valence-electron chi connectivity index (χ4n) is 2.38. The lowest BCUT2D eigenvalue weighted by molar-refractivity contribution is -0.0541. The normalized spacial score (nSPS) is 26.4. The first-order valence-corrected chi connectivity index (χ1v) is 6.99. The molecule has 0 saturated heterocycles. The number of benzene rings is 1. The maximum Gasteiger partial charge on any atom is 0.120 e. The first kappa shape index (κ1) is 12.9. The summed E-state index contributed by atoms with van der Waals surface area (Å²) in [5.41, 5.74) is 0.207. The molecule has 1 saturated carbocycles. The molecule has 2 unspecified atom stereocenters. The van der Waals surface area contributed by atoms with E-state index in [9.17, 15) is 0 Å². The molecule has 0 spiro atoms. The van der Waals surface area contributed by atoms with E-state index in [-0.39, 0.29) is 5.41 Å². The third kappa shape index (κ3) is 2.66. The maximum atomic E-state index is 6.05. The molecule has 1 aliphatic carbocycles. The third-order valence-electron chi connectivity index (χ3n) is 3.70. The number of rotatable bonds is 4. The van der Waals surface area contributed by atoms with Gasteiger partial charge in [0.05, 0.1) is 0 Å². The minimum Gasteiger partial charge on any atom is -0.490 e. The van der Waals surface area contributed by atoms with Crippen molar-refractivity contribution in [1.29, 1.82) is 0 Å². The number of hydrogen-bond donors (Lipinski definition) is 1. The Balaban J connectivity index is 1.98. The zero-order valence-corrected chi connectivity index (χ0v) is 12.3. The highest BCUT2D eigenvalue weighted by Gasteiger charge is 2.49. The molecule has 1 aliphatic rings. The highest BCUT2D eigenvalue weighted by atomic mass is 79.9. The van der Waals surface area contributed by atoms with Gasteiger partial charge in [0.1, 0.15) is 11.9 Å². The van der Waals surface area contributed by atoms with Crippen LogP contribution in [-0.4, -0.2) is 18.7 Å². The second-order valence-corrected chi connectivity index (χ2v) is 6.15. The number of ether oxygens (including phenoxy) is 1. The van der Waals surface area contributed by atoms with Gasteiger partial charge in [-0.05, 0) is 24.7 Å². The van der Waals surface area contributed by atoms with Crippen molar-refractivity contribution in [3.05, 3.63) is 28.7 Å². The molecule has 94 valence electrons. The zero-order valence-electron chi connectivity index (χ0n) is 10.7. The zero-order chi connectivity index (χ0) is 12.5. The maximum absolute atomic E-state index is 6.05. The summed E-state index contributed by atoms with van der Waals surface area (Å²) in [5, 5.41) is 3.51. The highest BCUT2D eigenvalue weighted by Crippen LogP contribution is 2.43. The standard InChI is InChI=1S/C14H20BrNO/c1-4-16-12-9-13(14(12,2)3)17-11-7-5-6-10(15)8-11/h5-8,12-13,16H,4,9H2,1-3H3. The van der Waals surface area contributed by atoms with Crippen molar-refractivity contribution in [2.45, 2.75) is 39.3 Å². The van der Waals surface area contributed by atoms with Crippen molar-refractivity contribution in [1.82, 2.24) is 5.32 Å². The number of halogens is 1. The Morgan fingerprint density at radius 3 is 2.82 bits per heavy atom. The summed E-state index contributed by atoms with van der Waals surface area (Å²) in [5.74, 6) is 0.951. The molecule has 1 aromatic rings. The van der Waals surface area contributed by atoms with E-state index in [4.69, 9.17) is 4.74 Å². The highest BCUT2D eigenvalue weighted by molar-refractivity contribution is 9.10. The van der Waals surface area contributed by atoms with Gasteiger partial charge in [0.25, 0.3) is 0 Å². The molecule has 17 heavy (non-hydrogen) atoms. The van der Waals surface area contributed by atoms with Crippen molar-refractivity contribution in [2.75, 3.05) is 6.54 Å². The number of hydrogen-bond acceptors (Lipinski definition) is 2. The Morgan fingerprint density at radius 1 is 1.47 bits per heavy atom. The van der Waals surface area contributed by atoms with Crippen LogP contribution in [0.2, 0.25) is 0 Å². The molecule has 0 amide bonds. The summed E-state index contributed by atoms with van der Waals surface area (Å²) < 4.78 is 7.12. The fourth-order valence-corrected chi connectivity index (χ4v) is 2.76. The average Bonchev–Trinajstić information content (AvgIpc) is 2.28. The molecule has 0 aliphatic heterocycles. The Morgan fingerprint density at radius 2 is 2.24 bits per heavy atom. The van der Waals surface area contributed by atoms with Crippen LogP contribution in [0.4, 0.5) is 0 Å². The van der Waals surface area contributed by atoms with Crippen LogP contribution in [0.5, 0.6) is 5.75 Å². The molecule has 1 N–H and O–H groups in total. The molecule has 0 aromatic heterocycles. The van der Waals surface area contributed by atoms with Crippen molar-refractivity contribution < 1.29 is 4.74 Å². The number of nitrogens with one attached hydrogen (secondary N) is 1. The lowest BCUT2D eigenvalue weighted by Gasteiger charge is -2.51. The van der Waals surface area contributed by atoms with Crippen LogP contribution in [0.25, 0.3) is 0 Å². The Hall–Kier alpha value is -0.540. The molecule has 2 rings (SSSR count). The predicted molar refractivity (Wildman–Crippen MR) is 74.4 cm³/mol. The van der Waals surface area contributed by atoms with Crippen LogP contribution in [0.3, 0.4) is 0 Å². The van der Waals surface area contributed by atoms with Gasteiger partial charge in [-0.25, -0.2) is 0 Å². The molecule has 2 nitrogen and oxygen atoms in total. The molecule has 2 atom stereocenters. The van der Waals surface area contributed by atoms with Gasteiger partial charge in [-0.3, -0.25) is 0 Å². The Bertz CT molecular complexity index is 392. The van der Waals surface area contributed by atoms with Crippen LogP contribution >= 0.6 is 15.9 Å². The van der Waals surface area contributed by atoms with Gasteiger partial charge in [-0.1, -0.05) is 42.8 Å². The Kier molecular flexibility index (Phi) is 3.79. The second-order valence-electron chi connectivity index (χ2n) is 5.23. The second kappa shape index (κ2) is 4.99. The van der Waals surface area contributed by atoms with Gasteiger partial charge in [-0.2, -0.15) is 0 Å².